The lowest BCUT2D eigenvalue weighted by Crippen LogP contribution is -2.47. The van der Waals surface area contributed by atoms with Crippen LogP contribution in [-0.2, 0) is 19.4 Å². The van der Waals surface area contributed by atoms with E-state index >= 15 is 0 Å². The van der Waals surface area contributed by atoms with Crippen LogP contribution in [0.4, 0.5) is 0 Å². The van der Waals surface area contributed by atoms with Gasteiger partial charge >= 0.3 is 0 Å². The molecule has 7 heteroatoms. The van der Waals surface area contributed by atoms with Gasteiger partial charge < -0.3 is 4.90 Å². The van der Waals surface area contributed by atoms with Crippen LogP contribution in [0.5, 0.6) is 0 Å². The summed E-state index contributed by atoms with van der Waals surface area (Å²) in [5.74, 6) is -2.71. The Hall–Kier alpha value is -2.20. The van der Waals surface area contributed by atoms with E-state index in [2.05, 4.69) is 0 Å². The zero-order chi connectivity index (χ0) is 17.7. The molecule has 0 spiro atoms. The zero-order valence-electron chi connectivity index (χ0n) is 13.5. The molecule has 0 N–H and O–H groups in total. The Balaban J connectivity index is 2.01. The highest BCUT2D eigenvalue weighted by Crippen LogP contribution is 2.21. The summed E-state index contributed by atoms with van der Waals surface area (Å²) in [5, 5.41) is 9.25. The van der Waals surface area contributed by atoms with Crippen molar-refractivity contribution in [1.29, 1.82) is 5.26 Å². The minimum atomic E-state index is -3.12. The van der Waals surface area contributed by atoms with Gasteiger partial charge in [-0.05, 0) is 11.5 Å². The largest absolute Gasteiger partial charge is 0.339 e. The smallest absolute Gasteiger partial charge is 0.247 e. The topological polar surface area (TPSA) is 95.3 Å². The first kappa shape index (κ1) is 18.1. The molecule has 24 heavy (non-hydrogen) atoms. The number of hydrogen-bond acceptors (Lipinski definition) is 5. The number of carbonyl (C=O) groups excluding carboxylic acids is 2. The molecular formula is C17H20N2O4S. The molecular weight excluding hydrogens is 328 g/mol. The Morgan fingerprint density at radius 2 is 1.79 bits per heavy atom. The second-order valence-electron chi connectivity index (χ2n) is 6.02. The van der Waals surface area contributed by atoms with Crippen LogP contribution >= 0.6 is 0 Å². The predicted molar refractivity (Wildman–Crippen MR) is 88.8 cm³/mol. The molecule has 0 bridgehead atoms. The number of carbonyl (C=O) groups is 2. The van der Waals surface area contributed by atoms with Gasteiger partial charge in [-0.1, -0.05) is 37.3 Å². The number of hydrogen-bond donors (Lipinski definition) is 0. The summed E-state index contributed by atoms with van der Waals surface area (Å²) in [7, 11) is -3.12. The minimum absolute atomic E-state index is 0.0425. The number of Topliss-reactive ketones (excluding diaryl/α,β-unsaturated/α-hetero) is 1. The van der Waals surface area contributed by atoms with Crippen LogP contribution < -0.4 is 0 Å². The Morgan fingerprint density at radius 1 is 1.21 bits per heavy atom. The van der Waals surface area contributed by atoms with Crippen molar-refractivity contribution < 1.29 is 18.0 Å². The molecule has 1 aromatic rings. The molecule has 2 atom stereocenters. The van der Waals surface area contributed by atoms with Gasteiger partial charge in [0.15, 0.2) is 21.5 Å². The average molecular weight is 348 g/mol. The maximum absolute atomic E-state index is 12.4. The van der Waals surface area contributed by atoms with Crippen molar-refractivity contribution in [2.75, 3.05) is 24.6 Å². The number of nitriles is 1. The van der Waals surface area contributed by atoms with Crippen LogP contribution in [0, 0.1) is 17.2 Å². The van der Waals surface area contributed by atoms with E-state index in [0.29, 0.717) is 0 Å². The van der Waals surface area contributed by atoms with Crippen LogP contribution in [-0.4, -0.2) is 49.6 Å². The van der Waals surface area contributed by atoms with Gasteiger partial charge in [-0.2, -0.15) is 5.26 Å². The molecule has 0 saturated carbocycles. The van der Waals surface area contributed by atoms with E-state index in [-0.39, 0.29) is 36.9 Å². The summed E-state index contributed by atoms with van der Waals surface area (Å²) in [6, 6.07) is 11.2. The molecule has 1 amide bonds. The van der Waals surface area contributed by atoms with Crippen molar-refractivity contribution >= 4 is 21.5 Å². The van der Waals surface area contributed by atoms with Crippen LogP contribution in [0.25, 0.3) is 0 Å². The van der Waals surface area contributed by atoms with Crippen molar-refractivity contribution in [3.8, 4) is 6.07 Å². The third-order valence-electron chi connectivity index (χ3n) is 4.23. The molecule has 1 saturated heterocycles. The fourth-order valence-electron chi connectivity index (χ4n) is 2.70. The van der Waals surface area contributed by atoms with Crippen molar-refractivity contribution in [3.63, 3.8) is 0 Å². The summed E-state index contributed by atoms with van der Waals surface area (Å²) in [6.45, 7) is 1.96. The third-order valence-corrected chi connectivity index (χ3v) is 5.84. The highest BCUT2D eigenvalue weighted by molar-refractivity contribution is 7.91. The fraction of sp³-hybridized carbons (Fsp3) is 0.471. The van der Waals surface area contributed by atoms with Crippen molar-refractivity contribution in [2.24, 2.45) is 5.92 Å². The Morgan fingerprint density at radius 3 is 2.33 bits per heavy atom. The third kappa shape index (κ3) is 4.42. The van der Waals surface area contributed by atoms with Gasteiger partial charge in [0.1, 0.15) is 0 Å². The molecule has 1 fully saturated rings. The first-order valence-corrected chi connectivity index (χ1v) is 9.62. The molecule has 1 aliphatic heterocycles. The lowest BCUT2D eigenvalue weighted by atomic mass is 9.90. The maximum atomic E-state index is 12.4. The standard InChI is InChI=1S/C17H20N2O4S/c1-13(14-5-3-2-4-6-14)11-16(20)15(12-18)17(21)19-7-9-24(22,23)10-8-19/h2-6,13,15H,7-11H2,1H3. The van der Waals surface area contributed by atoms with E-state index in [1.54, 1.807) is 6.07 Å². The monoisotopic (exact) mass is 348 g/mol. The van der Waals surface area contributed by atoms with E-state index in [4.69, 9.17) is 0 Å². The molecule has 6 nitrogen and oxygen atoms in total. The number of amides is 1. The van der Waals surface area contributed by atoms with E-state index in [9.17, 15) is 23.3 Å². The van der Waals surface area contributed by atoms with E-state index < -0.39 is 27.4 Å². The summed E-state index contributed by atoms with van der Waals surface area (Å²) in [6.07, 6.45) is 0.0973. The van der Waals surface area contributed by atoms with Crippen LogP contribution in [0.3, 0.4) is 0 Å². The number of nitrogens with zero attached hydrogens (tertiary/aromatic N) is 2. The summed E-state index contributed by atoms with van der Waals surface area (Å²) < 4.78 is 22.8. The summed E-state index contributed by atoms with van der Waals surface area (Å²) >= 11 is 0. The summed E-state index contributed by atoms with van der Waals surface area (Å²) in [5.41, 5.74) is 0.971. The second-order valence-corrected chi connectivity index (χ2v) is 8.33. The SMILES string of the molecule is CC(CC(=O)C(C#N)C(=O)N1CCS(=O)(=O)CC1)c1ccccc1. The van der Waals surface area contributed by atoms with Gasteiger partial charge in [0.25, 0.3) is 0 Å². The number of sulfone groups is 1. The summed E-state index contributed by atoms with van der Waals surface area (Å²) in [4.78, 5) is 26.1. The van der Waals surface area contributed by atoms with Gasteiger partial charge in [0.2, 0.25) is 5.91 Å². The van der Waals surface area contributed by atoms with Crippen LogP contribution in [0.2, 0.25) is 0 Å². The van der Waals surface area contributed by atoms with Gasteiger partial charge in [0, 0.05) is 19.5 Å². The highest BCUT2D eigenvalue weighted by Gasteiger charge is 2.34. The molecule has 0 aromatic heterocycles. The fourth-order valence-corrected chi connectivity index (χ4v) is 3.90. The van der Waals surface area contributed by atoms with E-state index in [1.165, 1.54) is 4.90 Å². The van der Waals surface area contributed by atoms with Crippen LogP contribution in [0.1, 0.15) is 24.8 Å². The maximum Gasteiger partial charge on any atom is 0.247 e. The van der Waals surface area contributed by atoms with E-state index in [1.807, 2.05) is 37.3 Å². The Bertz CT molecular complexity index is 739. The predicted octanol–water partition coefficient (Wildman–Crippen LogP) is 1.15. The van der Waals surface area contributed by atoms with Gasteiger partial charge in [-0.15, -0.1) is 0 Å². The lowest BCUT2D eigenvalue weighted by Gasteiger charge is -2.28. The van der Waals surface area contributed by atoms with Gasteiger partial charge in [0.05, 0.1) is 17.6 Å². The molecule has 1 aliphatic rings. The van der Waals surface area contributed by atoms with E-state index in [0.717, 1.165) is 5.56 Å². The first-order valence-electron chi connectivity index (χ1n) is 7.80. The molecule has 2 unspecified atom stereocenters. The average Bonchev–Trinajstić information content (AvgIpc) is 2.56. The molecule has 0 aliphatic carbocycles. The Kier molecular flexibility index (Phi) is 5.73. The number of rotatable bonds is 5. The van der Waals surface area contributed by atoms with Crippen molar-refractivity contribution in [2.45, 2.75) is 19.3 Å². The van der Waals surface area contributed by atoms with Crippen molar-refractivity contribution in [3.05, 3.63) is 35.9 Å². The number of benzene rings is 1. The minimum Gasteiger partial charge on any atom is -0.339 e. The normalized spacial score (nSPS) is 19.1. The molecule has 128 valence electrons. The second kappa shape index (κ2) is 7.58. The zero-order valence-corrected chi connectivity index (χ0v) is 14.3. The number of ketones is 1. The van der Waals surface area contributed by atoms with Crippen molar-refractivity contribution in [1.82, 2.24) is 4.90 Å². The molecule has 1 aromatic carbocycles. The van der Waals surface area contributed by atoms with Crippen LogP contribution in [0.15, 0.2) is 30.3 Å². The molecule has 2 rings (SSSR count). The molecule has 1 heterocycles. The quantitative estimate of drug-likeness (QED) is 0.744. The highest BCUT2D eigenvalue weighted by atomic mass is 32.2. The molecule has 0 radical (unpaired) electrons. The van der Waals surface area contributed by atoms with Gasteiger partial charge in [-0.25, -0.2) is 8.42 Å². The van der Waals surface area contributed by atoms with Gasteiger partial charge in [-0.3, -0.25) is 9.59 Å². The Labute approximate surface area is 142 Å². The lowest BCUT2D eigenvalue weighted by molar-refractivity contribution is -0.138. The first-order chi connectivity index (χ1) is 11.3.